The smallest absolute Gasteiger partial charge is 0.234 e. The van der Waals surface area contributed by atoms with E-state index in [9.17, 15) is 14.7 Å². The molecule has 2 aliphatic carbocycles. The van der Waals surface area contributed by atoms with Gasteiger partial charge in [-0.1, -0.05) is 30.4 Å². The van der Waals surface area contributed by atoms with Crippen molar-refractivity contribution in [2.24, 2.45) is 23.7 Å². The largest absolute Gasteiger partial charge is 0.508 e. The van der Waals surface area contributed by atoms with E-state index in [0.717, 1.165) is 12.0 Å². The van der Waals surface area contributed by atoms with Crippen molar-refractivity contribution in [3.63, 3.8) is 0 Å². The fourth-order valence-corrected chi connectivity index (χ4v) is 4.41. The van der Waals surface area contributed by atoms with Crippen molar-refractivity contribution in [1.29, 1.82) is 0 Å². The second kappa shape index (κ2) is 5.08. The van der Waals surface area contributed by atoms with Gasteiger partial charge >= 0.3 is 0 Å². The molecule has 1 aromatic carbocycles. The minimum atomic E-state index is -0.329. The fourth-order valence-electron chi connectivity index (χ4n) is 4.41. The Balaban J connectivity index is 1.59. The standard InChI is InChI=1S/C19H19NO3/c1-2-14(9-11-3-7-15(21)8-4-11)20-18(22)16-12-5-6-13(10-12)17(16)19(20)23/h2-8,12-14,16-17,21H,1,9-10H2. The molecule has 1 heterocycles. The number of carbonyl (C=O) groups is 2. The lowest BCUT2D eigenvalue weighted by molar-refractivity contribution is -0.142. The molecule has 23 heavy (non-hydrogen) atoms. The van der Waals surface area contributed by atoms with Crippen molar-refractivity contribution in [1.82, 2.24) is 4.90 Å². The summed E-state index contributed by atoms with van der Waals surface area (Å²) in [5.74, 6) is 0.242. The van der Waals surface area contributed by atoms with Crippen LogP contribution in [0.1, 0.15) is 12.0 Å². The predicted octanol–water partition coefficient (Wildman–Crippen LogP) is 2.30. The highest BCUT2D eigenvalue weighted by Crippen LogP contribution is 2.52. The van der Waals surface area contributed by atoms with Gasteiger partial charge in [-0.25, -0.2) is 0 Å². The van der Waals surface area contributed by atoms with Gasteiger partial charge in [0.2, 0.25) is 11.8 Å². The summed E-state index contributed by atoms with van der Waals surface area (Å²) < 4.78 is 0. The molecular weight excluding hydrogens is 290 g/mol. The van der Waals surface area contributed by atoms with Gasteiger partial charge in [0.05, 0.1) is 17.9 Å². The number of nitrogens with zero attached hydrogens (tertiary/aromatic N) is 1. The average molecular weight is 309 g/mol. The number of phenols is 1. The fraction of sp³-hybridized carbons (Fsp3) is 0.368. The van der Waals surface area contributed by atoms with Gasteiger partial charge in [0.25, 0.3) is 0 Å². The molecule has 2 bridgehead atoms. The molecular formula is C19H19NO3. The lowest BCUT2D eigenvalue weighted by atomic mass is 9.85. The van der Waals surface area contributed by atoms with E-state index in [1.807, 2.05) is 12.1 Å². The molecule has 0 radical (unpaired) electrons. The molecule has 3 aliphatic rings. The molecule has 1 N–H and O–H groups in total. The summed E-state index contributed by atoms with van der Waals surface area (Å²) >= 11 is 0. The highest BCUT2D eigenvalue weighted by molar-refractivity contribution is 6.06. The van der Waals surface area contributed by atoms with E-state index in [0.29, 0.717) is 6.42 Å². The number of benzene rings is 1. The van der Waals surface area contributed by atoms with E-state index in [2.05, 4.69) is 18.7 Å². The van der Waals surface area contributed by atoms with Crippen LogP contribution in [0.2, 0.25) is 0 Å². The summed E-state index contributed by atoms with van der Waals surface area (Å²) in [7, 11) is 0. The number of aromatic hydroxyl groups is 1. The zero-order valence-corrected chi connectivity index (χ0v) is 12.8. The number of rotatable bonds is 4. The van der Waals surface area contributed by atoms with E-state index in [-0.39, 0.29) is 47.3 Å². The highest BCUT2D eigenvalue weighted by atomic mass is 16.3. The number of amides is 2. The van der Waals surface area contributed by atoms with E-state index in [4.69, 9.17) is 0 Å². The lowest BCUT2D eigenvalue weighted by Gasteiger charge is -2.25. The third-order valence-electron chi connectivity index (χ3n) is 5.49. The Morgan fingerprint density at radius 3 is 2.22 bits per heavy atom. The number of imide groups is 1. The van der Waals surface area contributed by atoms with E-state index in [1.54, 1.807) is 18.2 Å². The van der Waals surface area contributed by atoms with Gasteiger partial charge in [0.15, 0.2) is 0 Å². The van der Waals surface area contributed by atoms with Crippen LogP contribution in [-0.4, -0.2) is 27.9 Å². The Morgan fingerprint density at radius 2 is 1.70 bits per heavy atom. The first kappa shape index (κ1) is 14.2. The van der Waals surface area contributed by atoms with Crippen LogP contribution in [0.4, 0.5) is 0 Å². The van der Waals surface area contributed by atoms with Crippen molar-refractivity contribution in [2.75, 3.05) is 0 Å². The van der Waals surface area contributed by atoms with Gasteiger partial charge in [0, 0.05) is 0 Å². The van der Waals surface area contributed by atoms with Crippen LogP contribution in [0.15, 0.2) is 49.1 Å². The lowest BCUT2D eigenvalue weighted by Crippen LogP contribution is -2.41. The summed E-state index contributed by atoms with van der Waals surface area (Å²) in [5, 5.41) is 9.37. The maximum absolute atomic E-state index is 12.8. The third-order valence-corrected chi connectivity index (χ3v) is 5.49. The normalized spacial score (nSPS) is 32.4. The van der Waals surface area contributed by atoms with Crippen LogP contribution in [0, 0.1) is 23.7 Å². The Kier molecular flexibility index (Phi) is 3.15. The molecule has 1 saturated heterocycles. The van der Waals surface area contributed by atoms with Gasteiger partial charge in [-0.2, -0.15) is 0 Å². The van der Waals surface area contributed by atoms with Crippen molar-refractivity contribution in [3.05, 3.63) is 54.6 Å². The van der Waals surface area contributed by atoms with Gasteiger partial charge in [0.1, 0.15) is 5.75 Å². The number of hydrogen-bond acceptors (Lipinski definition) is 3. The molecule has 0 aromatic heterocycles. The minimum absolute atomic E-state index is 0.0412. The van der Waals surface area contributed by atoms with Crippen LogP contribution < -0.4 is 0 Å². The summed E-state index contributed by atoms with van der Waals surface area (Å²) in [4.78, 5) is 27.1. The van der Waals surface area contributed by atoms with Crippen LogP contribution >= 0.6 is 0 Å². The molecule has 4 rings (SSSR count). The van der Waals surface area contributed by atoms with E-state index >= 15 is 0 Å². The second-order valence-electron chi connectivity index (χ2n) is 6.72. The van der Waals surface area contributed by atoms with E-state index in [1.165, 1.54) is 4.90 Å². The van der Waals surface area contributed by atoms with Crippen LogP contribution in [0.5, 0.6) is 5.75 Å². The Hall–Kier alpha value is -2.36. The Labute approximate surface area is 135 Å². The van der Waals surface area contributed by atoms with Gasteiger partial charge in [-0.15, -0.1) is 6.58 Å². The Bertz CT molecular complexity index is 676. The summed E-state index contributed by atoms with van der Waals surface area (Å²) in [6.07, 6.45) is 7.35. The molecule has 2 fully saturated rings. The molecule has 4 heteroatoms. The highest BCUT2D eigenvalue weighted by Gasteiger charge is 2.60. The third kappa shape index (κ3) is 2.05. The van der Waals surface area contributed by atoms with Crippen molar-refractivity contribution >= 4 is 11.8 Å². The second-order valence-corrected chi connectivity index (χ2v) is 6.72. The van der Waals surface area contributed by atoms with Crippen LogP contribution in [-0.2, 0) is 16.0 Å². The first-order chi connectivity index (χ1) is 11.1. The maximum Gasteiger partial charge on any atom is 0.234 e. The zero-order chi connectivity index (χ0) is 16.1. The number of carbonyl (C=O) groups excluding carboxylic acids is 2. The predicted molar refractivity (Wildman–Crippen MR) is 85.4 cm³/mol. The average Bonchev–Trinajstić information content (AvgIpc) is 3.22. The number of hydrogen-bond donors (Lipinski definition) is 1. The SMILES string of the molecule is C=CC(Cc1ccc(O)cc1)N1C(=O)C2C3C=CC(C3)C2C1=O. The molecule has 1 saturated carbocycles. The maximum atomic E-state index is 12.8. The summed E-state index contributed by atoms with van der Waals surface area (Å²) in [6, 6.07) is 6.51. The van der Waals surface area contributed by atoms with Gasteiger partial charge < -0.3 is 5.11 Å². The molecule has 4 nitrogen and oxygen atoms in total. The molecule has 2 amide bonds. The molecule has 118 valence electrons. The van der Waals surface area contributed by atoms with Crippen molar-refractivity contribution in [3.8, 4) is 5.75 Å². The van der Waals surface area contributed by atoms with Crippen molar-refractivity contribution < 1.29 is 14.7 Å². The molecule has 1 aromatic rings. The first-order valence-corrected chi connectivity index (χ1v) is 8.06. The summed E-state index contributed by atoms with van der Waals surface area (Å²) in [6.45, 7) is 3.82. The number of allylic oxidation sites excluding steroid dienone is 2. The zero-order valence-electron chi connectivity index (χ0n) is 12.8. The Morgan fingerprint density at radius 1 is 1.13 bits per heavy atom. The monoisotopic (exact) mass is 309 g/mol. The number of fused-ring (bicyclic) bond motifs is 5. The van der Waals surface area contributed by atoms with Crippen LogP contribution in [0.25, 0.3) is 0 Å². The van der Waals surface area contributed by atoms with Gasteiger partial charge in [-0.05, 0) is 42.4 Å². The number of phenolic OH excluding ortho intramolecular Hbond substituents is 1. The molecule has 5 atom stereocenters. The molecule has 0 spiro atoms. The number of likely N-dealkylation sites (tertiary alicyclic amines) is 1. The first-order valence-electron chi connectivity index (χ1n) is 8.06. The minimum Gasteiger partial charge on any atom is -0.508 e. The quantitative estimate of drug-likeness (QED) is 0.686. The summed E-state index contributed by atoms with van der Waals surface area (Å²) in [5.41, 5.74) is 0.964. The topological polar surface area (TPSA) is 57.6 Å². The van der Waals surface area contributed by atoms with Crippen LogP contribution in [0.3, 0.4) is 0 Å². The van der Waals surface area contributed by atoms with E-state index < -0.39 is 0 Å². The molecule has 1 aliphatic heterocycles. The van der Waals surface area contributed by atoms with Crippen molar-refractivity contribution in [2.45, 2.75) is 18.9 Å². The molecule has 5 unspecified atom stereocenters. The van der Waals surface area contributed by atoms with Gasteiger partial charge in [-0.3, -0.25) is 14.5 Å².